The number of aryl methyl sites for hydroxylation is 2. The molecule has 6 heteroatoms. The summed E-state index contributed by atoms with van der Waals surface area (Å²) in [6.07, 6.45) is 1.44. The topological polar surface area (TPSA) is 73.3 Å². The van der Waals surface area contributed by atoms with Gasteiger partial charge in [0.05, 0.1) is 12.8 Å². The first kappa shape index (κ1) is 21.1. The third-order valence-corrected chi connectivity index (χ3v) is 4.97. The lowest BCUT2D eigenvalue weighted by Gasteiger charge is -2.10. The summed E-state index contributed by atoms with van der Waals surface area (Å²) in [5.41, 5.74) is 4.96. The van der Waals surface area contributed by atoms with Crippen LogP contribution in [0.4, 0.5) is 5.69 Å². The van der Waals surface area contributed by atoms with Gasteiger partial charge in [-0.3, -0.25) is 4.79 Å². The van der Waals surface area contributed by atoms with Crippen LogP contribution in [0.5, 0.6) is 17.4 Å². The number of rotatable bonds is 6. The van der Waals surface area contributed by atoms with E-state index in [0.717, 1.165) is 28.1 Å². The van der Waals surface area contributed by atoms with Crippen molar-refractivity contribution in [3.63, 3.8) is 0 Å². The lowest BCUT2D eigenvalue weighted by Crippen LogP contribution is -2.12. The van der Waals surface area contributed by atoms with E-state index in [2.05, 4.69) is 15.3 Å². The first-order valence-corrected chi connectivity index (χ1v) is 10.1. The van der Waals surface area contributed by atoms with Crippen molar-refractivity contribution in [1.29, 1.82) is 0 Å². The Labute approximate surface area is 186 Å². The molecular formula is C26H23N3O3. The van der Waals surface area contributed by atoms with Crippen LogP contribution in [0.25, 0.3) is 11.3 Å². The van der Waals surface area contributed by atoms with E-state index in [1.165, 1.54) is 6.33 Å². The molecule has 0 saturated heterocycles. The second kappa shape index (κ2) is 9.31. The molecule has 0 aliphatic heterocycles. The number of carbonyl (C=O) groups excluding carboxylic acids is 1. The van der Waals surface area contributed by atoms with Gasteiger partial charge < -0.3 is 14.8 Å². The highest BCUT2D eigenvalue weighted by Crippen LogP contribution is 2.26. The van der Waals surface area contributed by atoms with Crippen molar-refractivity contribution in [1.82, 2.24) is 9.97 Å². The van der Waals surface area contributed by atoms with Crippen LogP contribution in [0, 0.1) is 13.8 Å². The van der Waals surface area contributed by atoms with Gasteiger partial charge in [0, 0.05) is 22.9 Å². The molecule has 32 heavy (non-hydrogen) atoms. The van der Waals surface area contributed by atoms with E-state index in [0.29, 0.717) is 22.9 Å². The van der Waals surface area contributed by atoms with Crippen molar-refractivity contribution in [3.8, 4) is 28.6 Å². The third-order valence-electron chi connectivity index (χ3n) is 4.97. The Morgan fingerprint density at radius 3 is 2.41 bits per heavy atom. The molecule has 4 aromatic rings. The lowest BCUT2D eigenvalue weighted by atomic mass is 10.1. The predicted octanol–water partition coefficient (Wildman–Crippen LogP) is 5.81. The van der Waals surface area contributed by atoms with Crippen molar-refractivity contribution in [2.75, 3.05) is 12.4 Å². The molecule has 0 bridgehead atoms. The van der Waals surface area contributed by atoms with Gasteiger partial charge in [-0.25, -0.2) is 9.97 Å². The van der Waals surface area contributed by atoms with Gasteiger partial charge in [0.1, 0.15) is 17.8 Å². The largest absolute Gasteiger partial charge is 0.497 e. The SMILES string of the molecule is COc1ccc(Oc2cc(-c3cccc(C(=O)Nc4ccc(C)cc4C)c3)ncn2)cc1. The molecule has 3 aromatic carbocycles. The summed E-state index contributed by atoms with van der Waals surface area (Å²) in [5, 5.41) is 2.98. The van der Waals surface area contributed by atoms with E-state index in [4.69, 9.17) is 9.47 Å². The molecule has 1 heterocycles. The fourth-order valence-electron chi connectivity index (χ4n) is 3.29. The Balaban J connectivity index is 1.53. The maximum absolute atomic E-state index is 12.8. The average Bonchev–Trinajstić information content (AvgIpc) is 2.81. The fourth-order valence-corrected chi connectivity index (χ4v) is 3.29. The van der Waals surface area contributed by atoms with Crippen LogP contribution in [0.2, 0.25) is 0 Å². The minimum Gasteiger partial charge on any atom is -0.497 e. The van der Waals surface area contributed by atoms with E-state index in [9.17, 15) is 4.79 Å². The monoisotopic (exact) mass is 425 g/mol. The molecule has 0 unspecified atom stereocenters. The van der Waals surface area contributed by atoms with Gasteiger partial charge in [-0.1, -0.05) is 29.8 Å². The number of anilines is 1. The Bertz CT molecular complexity index is 1250. The molecule has 0 spiro atoms. The Hall–Kier alpha value is -4.19. The van der Waals surface area contributed by atoms with Crippen LogP contribution in [0.15, 0.2) is 79.1 Å². The summed E-state index contributed by atoms with van der Waals surface area (Å²) in [6, 6.07) is 22.2. The number of hydrogen-bond acceptors (Lipinski definition) is 5. The summed E-state index contributed by atoms with van der Waals surface area (Å²) in [4.78, 5) is 21.3. The quantitative estimate of drug-likeness (QED) is 0.422. The molecule has 0 aliphatic rings. The third kappa shape index (κ3) is 4.92. The summed E-state index contributed by atoms with van der Waals surface area (Å²) in [6.45, 7) is 4.00. The highest BCUT2D eigenvalue weighted by molar-refractivity contribution is 6.05. The second-order valence-corrected chi connectivity index (χ2v) is 7.37. The van der Waals surface area contributed by atoms with Crippen molar-refractivity contribution in [2.45, 2.75) is 13.8 Å². The maximum Gasteiger partial charge on any atom is 0.255 e. The summed E-state index contributed by atoms with van der Waals surface area (Å²) < 4.78 is 11.0. The molecule has 6 nitrogen and oxygen atoms in total. The number of nitrogens with zero attached hydrogens (tertiary/aromatic N) is 2. The number of ether oxygens (including phenoxy) is 2. The van der Waals surface area contributed by atoms with Crippen molar-refractivity contribution < 1.29 is 14.3 Å². The maximum atomic E-state index is 12.8. The molecule has 1 N–H and O–H groups in total. The molecule has 0 saturated carbocycles. The molecule has 0 atom stereocenters. The van der Waals surface area contributed by atoms with Crippen LogP contribution in [-0.2, 0) is 0 Å². The lowest BCUT2D eigenvalue weighted by molar-refractivity contribution is 0.102. The van der Waals surface area contributed by atoms with Crippen molar-refractivity contribution >= 4 is 11.6 Å². The number of methoxy groups -OCH3 is 1. The van der Waals surface area contributed by atoms with Gasteiger partial charge in [-0.2, -0.15) is 0 Å². The minimum absolute atomic E-state index is 0.178. The molecule has 0 fully saturated rings. The minimum atomic E-state index is -0.178. The molecule has 0 radical (unpaired) electrons. The zero-order valence-electron chi connectivity index (χ0n) is 18.1. The van der Waals surface area contributed by atoms with Crippen LogP contribution >= 0.6 is 0 Å². The predicted molar refractivity (Wildman–Crippen MR) is 124 cm³/mol. The summed E-state index contributed by atoms with van der Waals surface area (Å²) >= 11 is 0. The molecule has 1 amide bonds. The number of nitrogens with one attached hydrogen (secondary N) is 1. The number of carbonyl (C=O) groups is 1. The number of aromatic nitrogens is 2. The zero-order valence-corrected chi connectivity index (χ0v) is 18.1. The summed E-state index contributed by atoms with van der Waals surface area (Å²) in [7, 11) is 1.61. The van der Waals surface area contributed by atoms with Crippen molar-refractivity contribution in [2.24, 2.45) is 0 Å². The van der Waals surface area contributed by atoms with Gasteiger partial charge >= 0.3 is 0 Å². The van der Waals surface area contributed by atoms with Crippen molar-refractivity contribution in [3.05, 3.63) is 95.8 Å². The first-order valence-electron chi connectivity index (χ1n) is 10.1. The van der Waals surface area contributed by atoms with E-state index < -0.39 is 0 Å². The molecule has 4 rings (SSSR count). The van der Waals surface area contributed by atoms with Gasteiger partial charge in [0.25, 0.3) is 5.91 Å². The molecule has 0 aliphatic carbocycles. The number of benzene rings is 3. The Morgan fingerprint density at radius 2 is 1.66 bits per heavy atom. The van der Waals surface area contributed by atoms with Gasteiger partial charge in [-0.05, 0) is 61.9 Å². The zero-order chi connectivity index (χ0) is 22.5. The second-order valence-electron chi connectivity index (χ2n) is 7.37. The van der Waals surface area contributed by atoms with E-state index >= 15 is 0 Å². The standard InChI is InChI=1S/C26H23N3O3/c1-17-7-12-23(18(2)13-17)29-26(30)20-6-4-5-19(14-20)24-15-25(28-16-27-24)32-22-10-8-21(31-3)9-11-22/h4-16H,1-3H3,(H,29,30). The fraction of sp³-hybridized carbons (Fsp3) is 0.115. The van der Waals surface area contributed by atoms with Gasteiger partial charge in [0.2, 0.25) is 5.88 Å². The van der Waals surface area contributed by atoms with E-state index in [1.807, 2.05) is 56.3 Å². The van der Waals surface area contributed by atoms with Gasteiger partial charge in [0.15, 0.2) is 0 Å². The van der Waals surface area contributed by atoms with Crippen LogP contribution in [0.3, 0.4) is 0 Å². The molecule has 1 aromatic heterocycles. The molecule has 160 valence electrons. The van der Waals surface area contributed by atoms with Crippen LogP contribution < -0.4 is 14.8 Å². The normalized spacial score (nSPS) is 10.5. The Kier molecular flexibility index (Phi) is 6.12. The summed E-state index contributed by atoms with van der Waals surface area (Å²) in [5.74, 6) is 1.61. The average molecular weight is 425 g/mol. The van der Waals surface area contributed by atoms with Gasteiger partial charge in [-0.15, -0.1) is 0 Å². The van der Waals surface area contributed by atoms with Crippen LogP contribution in [0.1, 0.15) is 21.5 Å². The molecular weight excluding hydrogens is 402 g/mol. The highest BCUT2D eigenvalue weighted by Gasteiger charge is 2.11. The number of amides is 1. The smallest absolute Gasteiger partial charge is 0.255 e. The van der Waals surface area contributed by atoms with Crippen LogP contribution in [-0.4, -0.2) is 23.0 Å². The highest BCUT2D eigenvalue weighted by atomic mass is 16.5. The van der Waals surface area contributed by atoms with E-state index in [1.54, 1.807) is 37.4 Å². The first-order chi connectivity index (χ1) is 15.5. The number of hydrogen-bond donors (Lipinski definition) is 1. The van der Waals surface area contributed by atoms with E-state index in [-0.39, 0.29) is 5.91 Å². The Morgan fingerprint density at radius 1 is 0.875 bits per heavy atom.